The molecule has 1 aliphatic rings. The Kier molecular flexibility index (Phi) is 6.34. The van der Waals surface area contributed by atoms with Crippen molar-refractivity contribution in [3.05, 3.63) is 76.1 Å². The molecule has 0 unspecified atom stereocenters. The van der Waals surface area contributed by atoms with Crippen LogP contribution in [0.3, 0.4) is 0 Å². The van der Waals surface area contributed by atoms with Gasteiger partial charge in [0, 0.05) is 40.9 Å². The third kappa shape index (κ3) is 4.62. The zero-order chi connectivity index (χ0) is 22.0. The molecule has 31 heavy (non-hydrogen) atoms. The van der Waals surface area contributed by atoms with Crippen molar-refractivity contribution >= 4 is 40.9 Å². The number of nitrogens with zero attached hydrogens (tertiary/aromatic N) is 3. The molecule has 6 nitrogen and oxygen atoms in total. The van der Waals surface area contributed by atoms with Crippen molar-refractivity contribution in [1.29, 1.82) is 0 Å². The van der Waals surface area contributed by atoms with Crippen LogP contribution in [0.4, 0.5) is 5.69 Å². The molecule has 3 aromatic rings. The van der Waals surface area contributed by atoms with Crippen LogP contribution in [0.5, 0.6) is 0 Å². The van der Waals surface area contributed by atoms with Crippen LogP contribution in [0.2, 0.25) is 5.02 Å². The van der Waals surface area contributed by atoms with Crippen LogP contribution >= 0.6 is 23.4 Å². The lowest BCUT2D eigenvalue weighted by Crippen LogP contribution is -2.37. The van der Waals surface area contributed by atoms with E-state index in [1.165, 1.54) is 0 Å². The number of amides is 2. The largest absolute Gasteiger partial charge is 0.337 e. The molecule has 8 heteroatoms. The van der Waals surface area contributed by atoms with Crippen LogP contribution in [0.25, 0.3) is 5.69 Å². The molecule has 0 bridgehead atoms. The van der Waals surface area contributed by atoms with Gasteiger partial charge in [-0.1, -0.05) is 17.7 Å². The first-order chi connectivity index (χ1) is 14.9. The highest BCUT2D eigenvalue weighted by Crippen LogP contribution is 2.22. The summed E-state index contributed by atoms with van der Waals surface area (Å²) in [4.78, 5) is 27.5. The van der Waals surface area contributed by atoms with Gasteiger partial charge in [0.2, 0.25) is 0 Å². The lowest BCUT2D eigenvalue weighted by atomic mass is 10.1. The second-order valence-corrected chi connectivity index (χ2v) is 9.08. The molecule has 1 aliphatic heterocycles. The number of aromatic nitrogens is 2. The molecule has 0 atom stereocenters. The van der Waals surface area contributed by atoms with Gasteiger partial charge in [-0.2, -0.15) is 16.9 Å². The molecule has 2 aromatic carbocycles. The van der Waals surface area contributed by atoms with Gasteiger partial charge in [0.15, 0.2) is 0 Å². The average molecular weight is 455 g/mol. The maximum atomic E-state index is 12.9. The van der Waals surface area contributed by atoms with E-state index in [1.807, 2.05) is 48.7 Å². The van der Waals surface area contributed by atoms with Crippen LogP contribution in [0.1, 0.15) is 32.0 Å². The summed E-state index contributed by atoms with van der Waals surface area (Å²) in [6.45, 7) is 5.28. The van der Waals surface area contributed by atoms with Crippen molar-refractivity contribution in [1.82, 2.24) is 14.7 Å². The number of hydrogen-bond acceptors (Lipinski definition) is 4. The highest BCUT2D eigenvalue weighted by molar-refractivity contribution is 7.99. The minimum atomic E-state index is -0.249. The molecule has 0 saturated carbocycles. The normalized spacial score (nSPS) is 13.8. The van der Waals surface area contributed by atoms with E-state index in [-0.39, 0.29) is 11.8 Å². The first-order valence-corrected chi connectivity index (χ1v) is 11.6. The van der Waals surface area contributed by atoms with Gasteiger partial charge in [0.05, 0.1) is 23.1 Å². The number of carbonyl (C=O) groups excluding carboxylic acids is 2. The minimum Gasteiger partial charge on any atom is -0.337 e. The Morgan fingerprint density at radius 1 is 1.10 bits per heavy atom. The third-order valence-corrected chi connectivity index (χ3v) is 6.50. The molecule has 160 valence electrons. The zero-order valence-corrected chi connectivity index (χ0v) is 19.0. The van der Waals surface area contributed by atoms with Crippen molar-refractivity contribution < 1.29 is 9.59 Å². The summed E-state index contributed by atoms with van der Waals surface area (Å²) >= 11 is 7.95. The van der Waals surface area contributed by atoms with Crippen molar-refractivity contribution in [2.24, 2.45) is 0 Å². The van der Waals surface area contributed by atoms with Crippen LogP contribution in [-0.4, -0.2) is 51.1 Å². The number of aryl methyl sites for hydroxylation is 1. The quantitative estimate of drug-likeness (QED) is 0.626. The van der Waals surface area contributed by atoms with E-state index in [9.17, 15) is 9.59 Å². The van der Waals surface area contributed by atoms with E-state index in [0.717, 1.165) is 35.8 Å². The standard InChI is InChI=1S/C23H23ClN4O2S/c1-15-12-17(23(30)27-8-10-31-11-9-27)6-7-21(15)26-22(29)20-14-25-28(16(20)2)19-5-3-4-18(24)13-19/h3-7,12-14H,8-11H2,1-2H3,(H,26,29). The lowest BCUT2D eigenvalue weighted by molar-refractivity contribution is 0.0772. The predicted octanol–water partition coefficient (Wildman–Crippen LogP) is 4.58. The van der Waals surface area contributed by atoms with Crippen molar-refractivity contribution in [2.45, 2.75) is 13.8 Å². The highest BCUT2D eigenvalue weighted by atomic mass is 35.5. The summed E-state index contributed by atoms with van der Waals surface area (Å²) in [6.07, 6.45) is 1.55. The van der Waals surface area contributed by atoms with Crippen molar-refractivity contribution in [2.75, 3.05) is 29.9 Å². The van der Waals surface area contributed by atoms with E-state index in [0.29, 0.717) is 27.5 Å². The number of carbonyl (C=O) groups is 2. The number of benzene rings is 2. The molecule has 0 aliphatic carbocycles. The van der Waals surface area contributed by atoms with Crippen LogP contribution < -0.4 is 5.32 Å². The molecule has 1 saturated heterocycles. The fourth-order valence-electron chi connectivity index (χ4n) is 3.58. The fourth-order valence-corrected chi connectivity index (χ4v) is 4.66. The van der Waals surface area contributed by atoms with Gasteiger partial charge in [-0.25, -0.2) is 4.68 Å². The number of rotatable bonds is 4. The Bertz CT molecular complexity index is 1140. The summed E-state index contributed by atoms with van der Waals surface area (Å²) in [5, 5.41) is 7.89. The van der Waals surface area contributed by atoms with Crippen LogP contribution in [-0.2, 0) is 0 Å². The molecule has 1 N–H and O–H groups in total. The highest BCUT2D eigenvalue weighted by Gasteiger charge is 2.20. The summed E-state index contributed by atoms with van der Waals surface area (Å²) in [6, 6.07) is 12.7. The Labute approximate surface area is 190 Å². The monoisotopic (exact) mass is 454 g/mol. The Balaban J connectivity index is 1.51. The van der Waals surface area contributed by atoms with Gasteiger partial charge in [-0.15, -0.1) is 0 Å². The molecule has 1 aromatic heterocycles. The molecular weight excluding hydrogens is 432 g/mol. The Morgan fingerprint density at radius 3 is 2.58 bits per heavy atom. The Morgan fingerprint density at radius 2 is 1.87 bits per heavy atom. The molecule has 4 rings (SSSR count). The summed E-state index contributed by atoms with van der Waals surface area (Å²) in [7, 11) is 0. The van der Waals surface area contributed by atoms with Crippen LogP contribution in [0, 0.1) is 13.8 Å². The van der Waals surface area contributed by atoms with Crippen LogP contribution in [0.15, 0.2) is 48.7 Å². The third-order valence-electron chi connectivity index (χ3n) is 5.33. The lowest BCUT2D eigenvalue weighted by Gasteiger charge is -2.26. The molecule has 1 fully saturated rings. The van der Waals surface area contributed by atoms with Crippen molar-refractivity contribution in [3.63, 3.8) is 0 Å². The van der Waals surface area contributed by atoms with E-state index in [2.05, 4.69) is 10.4 Å². The maximum Gasteiger partial charge on any atom is 0.259 e. The second-order valence-electron chi connectivity index (χ2n) is 7.42. The molecule has 2 amide bonds. The summed E-state index contributed by atoms with van der Waals surface area (Å²) in [5.74, 6) is 1.74. The number of hydrogen-bond donors (Lipinski definition) is 1. The minimum absolute atomic E-state index is 0.0416. The topological polar surface area (TPSA) is 67.2 Å². The number of thioether (sulfide) groups is 1. The smallest absolute Gasteiger partial charge is 0.259 e. The van der Waals surface area contributed by atoms with Gasteiger partial charge in [0.1, 0.15) is 0 Å². The second kappa shape index (κ2) is 9.16. The van der Waals surface area contributed by atoms with E-state index < -0.39 is 0 Å². The number of halogens is 1. The van der Waals surface area contributed by atoms with Gasteiger partial charge < -0.3 is 10.2 Å². The molecule has 0 radical (unpaired) electrons. The first-order valence-electron chi connectivity index (χ1n) is 10.0. The van der Waals surface area contributed by atoms with E-state index >= 15 is 0 Å². The number of anilines is 1. The SMILES string of the molecule is Cc1cc(C(=O)N2CCSCC2)ccc1NC(=O)c1cnn(-c2cccc(Cl)c2)c1C. The maximum absolute atomic E-state index is 12.9. The predicted molar refractivity (Wildman–Crippen MR) is 126 cm³/mol. The summed E-state index contributed by atoms with van der Waals surface area (Å²) in [5.41, 5.74) is 4.14. The number of nitrogens with one attached hydrogen (secondary N) is 1. The molecule has 0 spiro atoms. The molecule has 2 heterocycles. The molecular formula is C23H23ClN4O2S. The average Bonchev–Trinajstić information content (AvgIpc) is 3.16. The van der Waals surface area contributed by atoms with Gasteiger partial charge >= 0.3 is 0 Å². The zero-order valence-electron chi connectivity index (χ0n) is 17.4. The van der Waals surface area contributed by atoms with Gasteiger partial charge in [-0.3, -0.25) is 9.59 Å². The van der Waals surface area contributed by atoms with E-state index in [4.69, 9.17) is 11.6 Å². The van der Waals surface area contributed by atoms with E-state index in [1.54, 1.807) is 35.1 Å². The van der Waals surface area contributed by atoms with Crippen molar-refractivity contribution in [3.8, 4) is 5.69 Å². The fraction of sp³-hybridized carbons (Fsp3) is 0.261. The summed E-state index contributed by atoms with van der Waals surface area (Å²) < 4.78 is 1.69. The van der Waals surface area contributed by atoms with Gasteiger partial charge in [-0.05, 0) is 55.8 Å². The first kappa shape index (κ1) is 21.5. The van der Waals surface area contributed by atoms with Gasteiger partial charge in [0.25, 0.3) is 11.8 Å². The Hall–Kier alpha value is -2.77.